The van der Waals surface area contributed by atoms with Gasteiger partial charge in [0.05, 0.1) is 24.8 Å². The highest BCUT2D eigenvalue weighted by atomic mass is 16.4. The first-order valence-corrected chi connectivity index (χ1v) is 8.52. The predicted octanol–water partition coefficient (Wildman–Crippen LogP) is 3.38. The van der Waals surface area contributed by atoms with Gasteiger partial charge in [-0.1, -0.05) is 24.3 Å². The van der Waals surface area contributed by atoms with Crippen molar-refractivity contribution >= 4 is 33.9 Å². The van der Waals surface area contributed by atoms with Gasteiger partial charge in [0.1, 0.15) is 16.6 Å². The number of para-hydroxylation sites is 1. The summed E-state index contributed by atoms with van der Waals surface area (Å²) in [4.78, 5) is 14.1. The van der Waals surface area contributed by atoms with Crippen LogP contribution in [0.5, 0.6) is 0 Å². The summed E-state index contributed by atoms with van der Waals surface area (Å²) in [6.45, 7) is 6.00. The molecule has 0 amide bonds. The van der Waals surface area contributed by atoms with Crippen LogP contribution in [0, 0.1) is 0 Å². The number of aromatic nitrogens is 2. The second-order valence-corrected chi connectivity index (χ2v) is 6.03. The van der Waals surface area contributed by atoms with Crippen molar-refractivity contribution in [3.63, 3.8) is 0 Å². The number of carboxylic acid groups (broad SMARTS) is 1. The topological polar surface area (TPSA) is 49.1 Å². The molecular weight excluding hydrogens is 314 g/mol. The third-order valence-corrected chi connectivity index (χ3v) is 4.77. The van der Waals surface area contributed by atoms with Crippen LogP contribution >= 0.6 is 0 Å². The van der Waals surface area contributed by atoms with E-state index < -0.39 is 5.97 Å². The molecule has 0 fully saturated rings. The number of carboxylic acids is 1. The van der Waals surface area contributed by atoms with Crippen molar-refractivity contribution < 1.29 is 14.3 Å². The van der Waals surface area contributed by atoms with E-state index in [1.54, 1.807) is 6.07 Å². The van der Waals surface area contributed by atoms with Crippen molar-refractivity contribution in [3.05, 3.63) is 60.3 Å². The van der Waals surface area contributed by atoms with Gasteiger partial charge in [-0.25, -0.2) is 9.20 Å². The maximum Gasteiger partial charge on any atom is 0.370 e. The van der Waals surface area contributed by atoms with Gasteiger partial charge in [-0.05, 0) is 38.1 Å². The maximum absolute atomic E-state index is 11.8. The van der Waals surface area contributed by atoms with E-state index in [9.17, 15) is 9.90 Å². The molecule has 0 bridgehead atoms. The summed E-state index contributed by atoms with van der Waals surface area (Å²) in [5, 5.41) is 10.4. The Hall–Kier alpha value is -3.08. The number of anilines is 1. The Morgan fingerprint density at radius 2 is 1.80 bits per heavy atom. The lowest BCUT2D eigenvalue weighted by Crippen LogP contribution is -2.34. The molecule has 0 aliphatic carbocycles. The lowest BCUT2D eigenvalue weighted by atomic mass is 10.1. The van der Waals surface area contributed by atoms with Gasteiger partial charge in [-0.15, -0.1) is 0 Å². The van der Waals surface area contributed by atoms with Crippen molar-refractivity contribution in [2.24, 2.45) is 0 Å². The van der Waals surface area contributed by atoms with Crippen molar-refractivity contribution in [1.29, 1.82) is 0 Å². The van der Waals surface area contributed by atoms with E-state index in [1.807, 2.05) is 48.7 Å². The molecule has 3 aromatic heterocycles. The van der Waals surface area contributed by atoms with E-state index in [1.165, 1.54) is 0 Å². The van der Waals surface area contributed by atoms with Crippen LogP contribution < -0.4 is 9.30 Å². The number of rotatable bonds is 4. The Labute approximate surface area is 145 Å². The lowest BCUT2D eigenvalue weighted by molar-refractivity contribution is -0.497. The normalized spacial score (nSPS) is 11.4. The van der Waals surface area contributed by atoms with E-state index in [-0.39, 0.29) is 0 Å². The van der Waals surface area contributed by atoms with E-state index in [4.69, 9.17) is 0 Å². The van der Waals surface area contributed by atoms with Crippen molar-refractivity contribution in [2.75, 3.05) is 18.0 Å². The number of aromatic carboxylic acids is 1. The highest BCUT2D eigenvalue weighted by Gasteiger charge is 2.27. The molecule has 5 nitrogen and oxygen atoms in total. The van der Waals surface area contributed by atoms with Crippen molar-refractivity contribution in [2.45, 2.75) is 13.8 Å². The zero-order valence-corrected chi connectivity index (χ0v) is 14.3. The summed E-state index contributed by atoms with van der Waals surface area (Å²) < 4.78 is 4.31. The Morgan fingerprint density at radius 3 is 2.52 bits per heavy atom. The molecule has 25 heavy (non-hydrogen) atoms. The molecule has 5 heteroatoms. The third-order valence-electron chi connectivity index (χ3n) is 4.77. The van der Waals surface area contributed by atoms with Crippen molar-refractivity contribution in [1.82, 2.24) is 4.40 Å². The summed E-state index contributed by atoms with van der Waals surface area (Å²) >= 11 is 0. The van der Waals surface area contributed by atoms with Gasteiger partial charge in [0.25, 0.3) is 0 Å². The van der Waals surface area contributed by atoms with E-state index in [0.29, 0.717) is 5.56 Å². The molecule has 0 aliphatic heterocycles. The molecule has 3 heterocycles. The second-order valence-electron chi connectivity index (χ2n) is 6.03. The molecule has 0 unspecified atom stereocenters. The quantitative estimate of drug-likeness (QED) is 0.582. The fourth-order valence-corrected chi connectivity index (χ4v) is 3.62. The fraction of sp³-hybridized carbons (Fsp3) is 0.200. The van der Waals surface area contributed by atoms with Gasteiger partial charge in [0.2, 0.25) is 0 Å². The van der Waals surface area contributed by atoms with Gasteiger partial charge in [0, 0.05) is 5.39 Å². The van der Waals surface area contributed by atoms with Gasteiger partial charge in [-0.3, -0.25) is 4.90 Å². The summed E-state index contributed by atoms with van der Waals surface area (Å²) in [5.41, 5.74) is 3.14. The lowest BCUT2D eigenvalue weighted by Gasteiger charge is -2.14. The SMILES string of the molecule is CCN(CC)c1n2c3ccccc3c(C(=O)O)cc2c2cccc[n+]12. The molecule has 0 saturated heterocycles. The number of fused-ring (bicyclic) bond motifs is 5. The molecule has 0 spiro atoms. The summed E-state index contributed by atoms with van der Waals surface area (Å²) in [5.74, 6) is 0.141. The zero-order valence-electron chi connectivity index (χ0n) is 14.3. The number of carbonyl (C=O) groups is 1. The molecule has 1 aromatic carbocycles. The number of benzene rings is 1. The molecule has 4 rings (SSSR count). The van der Waals surface area contributed by atoms with E-state index >= 15 is 0 Å². The van der Waals surface area contributed by atoms with Gasteiger partial charge >= 0.3 is 11.9 Å². The van der Waals surface area contributed by atoms with Crippen LogP contribution in [0.3, 0.4) is 0 Å². The van der Waals surface area contributed by atoms with Gasteiger partial charge < -0.3 is 5.11 Å². The van der Waals surface area contributed by atoms with Crippen molar-refractivity contribution in [3.8, 4) is 0 Å². The standard InChI is InChI=1S/C20H19N3O2/c1-3-21(4-2)20-22-12-8-7-11-17(22)18-13-15(19(24)25)14-9-5-6-10-16(14)23(18)20/h5-13H,3-4H2,1-2H3/p+1. The third kappa shape index (κ3) is 2.16. The first kappa shape index (κ1) is 15.4. The maximum atomic E-state index is 11.8. The van der Waals surface area contributed by atoms with Gasteiger partial charge in [0.15, 0.2) is 0 Å². The number of imidazole rings is 1. The van der Waals surface area contributed by atoms with Crippen LogP contribution in [0.2, 0.25) is 0 Å². The van der Waals surface area contributed by atoms with Crippen LogP contribution in [0.15, 0.2) is 54.7 Å². The Morgan fingerprint density at radius 1 is 1.08 bits per heavy atom. The van der Waals surface area contributed by atoms with E-state index in [2.05, 4.69) is 27.5 Å². The Kier molecular flexibility index (Phi) is 3.57. The number of hydrogen-bond acceptors (Lipinski definition) is 2. The number of pyridine rings is 2. The smallest absolute Gasteiger partial charge is 0.370 e. The van der Waals surface area contributed by atoms with Crippen LogP contribution in [0.4, 0.5) is 5.95 Å². The van der Waals surface area contributed by atoms with Gasteiger partial charge in [-0.2, -0.15) is 4.40 Å². The highest BCUT2D eigenvalue weighted by Crippen LogP contribution is 2.28. The minimum Gasteiger partial charge on any atom is -0.478 e. The second kappa shape index (κ2) is 5.77. The molecule has 4 aromatic rings. The summed E-state index contributed by atoms with van der Waals surface area (Å²) in [6.07, 6.45) is 2.03. The first-order valence-electron chi connectivity index (χ1n) is 8.52. The molecule has 1 N–H and O–H groups in total. The minimum atomic E-state index is -0.904. The van der Waals surface area contributed by atoms with Crippen LogP contribution in [-0.4, -0.2) is 28.6 Å². The molecular formula is C20H20N3O2+. The average molecular weight is 334 g/mol. The summed E-state index contributed by atoms with van der Waals surface area (Å²) in [6, 6.07) is 15.5. The molecule has 0 aliphatic rings. The monoisotopic (exact) mass is 334 g/mol. The summed E-state index contributed by atoms with van der Waals surface area (Å²) in [7, 11) is 0. The minimum absolute atomic E-state index is 0.332. The first-order chi connectivity index (χ1) is 12.2. The zero-order chi connectivity index (χ0) is 17.6. The van der Waals surface area contributed by atoms with Crippen LogP contribution in [0.1, 0.15) is 24.2 Å². The van der Waals surface area contributed by atoms with Crippen LogP contribution in [0.25, 0.3) is 21.9 Å². The number of nitrogens with zero attached hydrogens (tertiary/aromatic N) is 3. The molecule has 126 valence electrons. The van der Waals surface area contributed by atoms with E-state index in [0.717, 1.165) is 41.0 Å². The van der Waals surface area contributed by atoms with Crippen LogP contribution in [-0.2, 0) is 0 Å². The Balaban J connectivity index is 2.31. The molecule has 0 radical (unpaired) electrons. The number of hydrogen-bond donors (Lipinski definition) is 1. The molecule has 0 atom stereocenters. The fourth-order valence-electron chi connectivity index (χ4n) is 3.62. The molecule has 0 saturated carbocycles. The predicted molar refractivity (Wildman–Crippen MR) is 98.6 cm³/mol. The largest absolute Gasteiger partial charge is 0.478 e. The average Bonchev–Trinajstić information content (AvgIpc) is 2.97. The Bertz CT molecular complexity index is 1110. The highest BCUT2D eigenvalue weighted by molar-refractivity contribution is 6.05.